The molecule has 4 nitrogen and oxygen atoms in total. The summed E-state index contributed by atoms with van der Waals surface area (Å²) in [4.78, 5) is 14.4. The number of fused-ring (bicyclic) bond motifs is 1. The number of anilines is 1. The third-order valence-corrected chi connectivity index (χ3v) is 5.76. The van der Waals surface area contributed by atoms with Gasteiger partial charge < -0.3 is 0 Å². The van der Waals surface area contributed by atoms with E-state index in [1.165, 1.54) is 28.2 Å². The van der Waals surface area contributed by atoms with E-state index in [1.54, 1.807) is 11.3 Å². The van der Waals surface area contributed by atoms with Crippen LogP contribution in [0, 0.1) is 5.92 Å². The molecule has 2 aromatic rings. The summed E-state index contributed by atoms with van der Waals surface area (Å²) in [6, 6.07) is 2.05. The Hall–Kier alpha value is -1.27. The molecule has 1 aliphatic rings. The molecule has 3 rings (SSSR count). The number of nitrogens with one attached hydrogen (secondary N) is 1. The van der Waals surface area contributed by atoms with Gasteiger partial charge in [-0.15, -0.1) is 21.5 Å². The highest BCUT2D eigenvalue weighted by atomic mass is 32.1. The number of carbonyl (C=O) groups is 1. The molecule has 2 aromatic heterocycles. The monoisotopic (exact) mass is 307 g/mol. The number of thiophene rings is 1. The van der Waals surface area contributed by atoms with Crippen molar-refractivity contribution in [3.05, 3.63) is 26.4 Å². The molecular weight excluding hydrogens is 290 g/mol. The van der Waals surface area contributed by atoms with Gasteiger partial charge in [0, 0.05) is 4.88 Å². The number of hydrogen-bond donors (Lipinski definition) is 1. The first-order valence-corrected chi connectivity index (χ1v) is 8.54. The van der Waals surface area contributed by atoms with Crippen molar-refractivity contribution in [3.63, 3.8) is 0 Å². The van der Waals surface area contributed by atoms with E-state index in [0.29, 0.717) is 5.13 Å². The standard InChI is InChI=1S/C14H17N3OS2/c1-3-12-16-17-14(20-12)15-13(18)11-7-9-6-8(2)4-5-10(9)19-11/h7-8H,3-6H2,1-2H3,(H,15,17,18)/t8-/m0/s1. The van der Waals surface area contributed by atoms with E-state index in [0.717, 1.165) is 35.1 Å². The minimum absolute atomic E-state index is 0.0594. The molecule has 1 aliphatic carbocycles. The van der Waals surface area contributed by atoms with Gasteiger partial charge in [0.05, 0.1) is 4.88 Å². The lowest BCUT2D eigenvalue weighted by atomic mass is 9.90. The maximum absolute atomic E-state index is 12.2. The fourth-order valence-electron chi connectivity index (χ4n) is 2.42. The van der Waals surface area contributed by atoms with Crippen molar-refractivity contribution in [1.29, 1.82) is 0 Å². The second-order valence-electron chi connectivity index (χ2n) is 5.22. The molecule has 0 aliphatic heterocycles. The van der Waals surface area contributed by atoms with Gasteiger partial charge in [-0.05, 0) is 43.2 Å². The summed E-state index contributed by atoms with van der Waals surface area (Å²) in [5.74, 6) is 0.666. The van der Waals surface area contributed by atoms with E-state index >= 15 is 0 Å². The summed E-state index contributed by atoms with van der Waals surface area (Å²) in [7, 11) is 0. The van der Waals surface area contributed by atoms with Gasteiger partial charge in [0.15, 0.2) is 0 Å². The Kier molecular flexibility index (Phi) is 3.85. The molecule has 0 aromatic carbocycles. The summed E-state index contributed by atoms with van der Waals surface area (Å²) in [5.41, 5.74) is 1.35. The van der Waals surface area contributed by atoms with Gasteiger partial charge in [-0.3, -0.25) is 10.1 Å². The van der Waals surface area contributed by atoms with Crippen molar-refractivity contribution in [2.75, 3.05) is 5.32 Å². The predicted molar refractivity (Wildman–Crippen MR) is 82.7 cm³/mol. The molecule has 0 radical (unpaired) electrons. The highest BCUT2D eigenvalue weighted by Crippen LogP contribution is 2.32. The average Bonchev–Trinajstić information content (AvgIpc) is 3.04. The van der Waals surface area contributed by atoms with Crippen LogP contribution in [0.5, 0.6) is 0 Å². The first-order valence-electron chi connectivity index (χ1n) is 6.91. The molecule has 106 valence electrons. The number of aromatic nitrogens is 2. The fraction of sp³-hybridized carbons (Fsp3) is 0.500. The summed E-state index contributed by atoms with van der Waals surface area (Å²) >= 11 is 3.06. The maximum atomic E-state index is 12.2. The highest BCUT2D eigenvalue weighted by molar-refractivity contribution is 7.16. The lowest BCUT2D eigenvalue weighted by Crippen LogP contribution is -2.10. The van der Waals surface area contributed by atoms with Crippen LogP contribution in [-0.2, 0) is 19.3 Å². The summed E-state index contributed by atoms with van der Waals surface area (Å²) in [5, 5.41) is 12.4. The van der Waals surface area contributed by atoms with E-state index in [9.17, 15) is 4.79 Å². The molecule has 0 saturated carbocycles. The number of hydrogen-bond acceptors (Lipinski definition) is 5. The van der Waals surface area contributed by atoms with Crippen LogP contribution >= 0.6 is 22.7 Å². The Morgan fingerprint density at radius 2 is 2.30 bits per heavy atom. The number of amides is 1. The zero-order valence-electron chi connectivity index (χ0n) is 11.6. The minimum atomic E-state index is -0.0594. The SMILES string of the molecule is CCc1nnc(NC(=O)c2cc3c(s2)CC[C@H](C)C3)s1. The molecule has 0 spiro atoms. The molecule has 20 heavy (non-hydrogen) atoms. The van der Waals surface area contributed by atoms with E-state index in [4.69, 9.17) is 0 Å². The first-order chi connectivity index (χ1) is 9.65. The number of aryl methyl sites for hydroxylation is 2. The maximum Gasteiger partial charge on any atom is 0.267 e. The third kappa shape index (κ3) is 2.76. The van der Waals surface area contributed by atoms with Crippen molar-refractivity contribution in [2.45, 2.75) is 39.5 Å². The van der Waals surface area contributed by atoms with Crippen LogP contribution < -0.4 is 5.32 Å². The lowest BCUT2D eigenvalue weighted by molar-refractivity contribution is 0.103. The van der Waals surface area contributed by atoms with Crippen molar-refractivity contribution >= 4 is 33.7 Å². The molecule has 1 N–H and O–H groups in total. The molecule has 0 fully saturated rings. The number of rotatable bonds is 3. The highest BCUT2D eigenvalue weighted by Gasteiger charge is 2.21. The second-order valence-corrected chi connectivity index (χ2v) is 7.41. The first kappa shape index (κ1) is 13.7. The molecule has 2 heterocycles. The third-order valence-electron chi connectivity index (χ3n) is 3.54. The Morgan fingerprint density at radius 1 is 1.45 bits per heavy atom. The fourth-order valence-corrected chi connectivity index (χ4v) is 4.20. The molecule has 6 heteroatoms. The van der Waals surface area contributed by atoms with E-state index in [1.807, 2.05) is 13.0 Å². The van der Waals surface area contributed by atoms with Crippen molar-refractivity contribution in [3.8, 4) is 0 Å². The van der Waals surface area contributed by atoms with E-state index < -0.39 is 0 Å². The van der Waals surface area contributed by atoms with Gasteiger partial charge in [0.1, 0.15) is 5.01 Å². The van der Waals surface area contributed by atoms with Crippen molar-refractivity contribution < 1.29 is 4.79 Å². The summed E-state index contributed by atoms with van der Waals surface area (Å²) in [6.45, 7) is 4.30. The van der Waals surface area contributed by atoms with Crippen LogP contribution in [0.25, 0.3) is 0 Å². The summed E-state index contributed by atoms with van der Waals surface area (Å²) in [6.07, 6.45) is 4.27. The molecule has 0 saturated heterocycles. The lowest BCUT2D eigenvalue weighted by Gasteiger charge is -2.16. The Morgan fingerprint density at radius 3 is 3.05 bits per heavy atom. The van der Waals surface area contributed by atoms with E-state index in [2.05, 4.69) is 22.4 Å². The predicted octanol–water partition coefficient (Wildman–Crippen LogP) is 3.54. The Labute approximate surface area is 126 Å². The zero-order chi connectivity index (χ0) is 14.1. The smallest absolute Gasteiger partial charge is 0.267 e. The van der Waals surface area contributed by atoms with Gasteiger partial charge in [-0.2, -0.15) is 0 Å². The van der Waals surface area contributed by atoms with Gasteiger partial charge in [0.25, 0.3) is 5.91 Å². The molecule has 0 bridgehead atoms. The van der Waals surface area contributed by atoms with Crippen LogP contribution in [-0.4, -0.2) is 16.1 Å². The molecule has 1 amide bonds. The van der Waals surface area contributed by atoms with E-state index in [-0.39, 0.29) is 5.91 Å². The van der Waals surface area contributed by atoms with Crippen LogP contribution in [0.4, 0.5) is 5.13 Å². The van der Waals surface area contributed by atoms with Gasteiger partial charge >= 0.3 is 0 Å². The van der Waals surface area contributed by atoms with Crippen LogP contribution in [0.1, 0.15) is 45.4 Å². The molecule has 0 unspecified atom stereocenters. The number of nitrogens with zero attached hydrogens (tertiary/aromatic N) is 2. The molecule has 1 atom stereocenters. The Balaban J connectivity index is 1.74. The number of carbonyl (C=O) groups excluding carboxylic acids is 1. The zero-order valence-corrected chi connectivity index (χ0v) is 13.2. The van der Waals surface area contributed by atoms with Crippen LogP contribution in [0.15, 0.2) is 6.07 Å². The normalized spacial score (nSPS) is 17.8. The van der Waals surface area contributed by atoms with Crippen LogP contribution in [0.3, 0.4) is 0 Å². The average molecular weight is 307 g/mol. The van der Waals surface area contributed by atoms with Gasteiger partial charge in [0.2, 0.25) is 5.13 Å². The van der Waals surface area contributed by atoms with Gasteiger partial charge in [-0.25, -0.2) is 0 Å². The summed E-state index contributed by atoms with van der Waals surface area (Å²) < 4.78 is 0. The minimum Gasteiger partial charge on any atom is -0.296 e. The van der Waals surface area contributed by atoms with Gasteiger partial charge in [-0.1, -0.05) is 25.2 Å². The second kappa shape index (κ2) is 5.61. The van der Waals surface area contributed by atoms with Crippen LogP contribution in [0.2, 0.25) is 0 Å². The topological polar surface area (TPSA) is 54.9 Å². The largest absolute Gasteiger partial charge is 0.296 e. The Bertz CT molecular complexity index is 632. The van der Waals surface area contributed by atoms with Crippen molar-refractivity contribution in [2.24, 2.45) is 5.92 Å². The van der Waals surface area contributed by atoms with Crippen molar-refractivity contribution in [1.82, 2.24) is 10.2 Å². The molecular formula is C14H17N3OS2. The quantitative estimate of drug-likeness (QED) is 0.943.